The van der Waals surface area contributed by atoms with E-state index in [9.17, 15) is 9.59 Å². The molecule has 238 valence electrons. The molecule has 0 atom stereocenters. The molecule has 0 aliphatic rings. The van der Waals surface area contributed by atoms with Crippen LogP contribution >= 0.6 is 0 Å². The molecule has 0 unspecified atom stereocenters. The summed E-state index contributed by atoms with van der Waals surface area (Å²) in [7, 11) is 0. The van der Waals surface area contributed by atoms with Gasteiger partial charge in [-0.05, 0) is 68.3 Å². The predicted octanol–water partition coefficient (Wildman–Crippen LogP) is 9.41. The molecule has 0 aliphatic carbocycles. The zero-order valence-corrected chi connectivity index (χ0v) is 26.8. The summed E-state index contributed by atoms with van der Waals surface area (Å²) in [6.45, 7) is 6.99. The van der Waals surface area contributed by atoms with Crippen LogP contribution in [0.5, 0.6) is 17.2 Å². The number of nitrogens with one attached hydrogen (secondary N) is 1. The van der Waals surface area contributed by atoms with Crippen LogP contribution in [-0.2, 0) is 4.79 Å². The van der Waals surface area contributed by atoms with E-state index in [1.54, 1.807) is 48.7 Å². The molecule has 43 heavy (non-hydrogen) atoms. The summed E-state index contributed by atoms with van der Waals surface area (Å²) in [5.41, 5.74) is 3.74. The Morgan fingerprint density at radius 3 is 1.79 bits per heavy atom. The fourth-order valence-electron chi connectivity index (χ4n) is 4.86. The number of carbonyl (C=O) groups is 2. The molecule has 0 saturated carbocycles. The maximum atomic E-state index is 12.6. The van der Waals surface area contributed by atoms with Crippen LogP contribution in [0.15, 0.2) is 47.6 Å². The Kier molecular flexibility index (Phi) is 19.3. The van der Waals surface area contributed by atoms with Gasteiger partial charge in [-0.1, -0.05) is 96.8 Å². The highest BCUT2D eigenvalue weighted by Gasteiger charge is 2.13. The number of esters is 1. The second-order valence-corrected chi connectivity index (χ2v) is 11.0. The lowest BCUT2D eigenvalue weighted by Gasteiger charge is -2.11. The van der Waals surface area contributed by atoms with Gasteiger partial charge in [0.1, 0.15) is 5.75 Å². The summed E-state index contributed by atoms with van der Waals surface area (Å²) >= 11 is 0. The predicted molar refractivity (Wildman–Crippen MR) is 175 cm³/mol. The van der Waals surface area contributed by atoms with Crippen LogP contribution in [0.4, 0.5) is 0 Å². The van der Waals surface area contributed by atoms with E-state index in [4.69, 9.17) is 14.2 Å². The van der Waals surface area contributed by atoms with E-state index in [1.807, 2.05) is 13.8 Å². The second-order valence-electron chi connectivity index (χ2n) is 11.0. The number of unbranched alkanes of at least 4 members (excludes halogenated alkanes) is 14. The van der Waals surface area contributed by atoms with E-state index in [0.29, 0.717) is 42.4 Å². The average Bonchev–Trinajstić information content (AvgIpc) is 3.01. The number of hydrogen-bond donors (Lipinski definition) is 1. The van der Waals surface area contributed by atoms with Gasteiger partial charge in [0.05, 0.1) is 25.0 Å². The van der Waals surface area contributed by atoms with Crippen LogP contribution in [0, 0.1) is 0 Å². The summed E-state index contributed by atoms with van der Waals surface area (Å²) in [5, 5.41) is 4.09. The van der Waals surface area contributed by atoms with Crippen LogP contribution in [0.3, 0.4) is 0 Å². The molecule has 0 bridgehead atoms. The van der Waals surface area contributed by atoms with Gasteiger partial charge in [0, 0.05) is 6.42 Å². The Hall–Kier alpha value is -3.35. The number of carbonyl (C=O) groups excluding carboxylic acids is 2. The van der Waals surface area contributed by atoms with Gasteiger partial charge in [-0.2, -0.15) is 5.10 Å². The van der Waals surface area contributed by atoms with Gasteiger partial charge in [0.15, 0.2) is 11.5 Å². The van der Waals surface area contributed by atoms with Crippen molar-refractivity contribution >= 4 is 18.1 Å². The Labute approximate surface area is 259 Å². The highest BCUT2D eigenvalue weighted by molar-refractivity contribution is 5.91. The number of hydrogen-bond acceptors (Lipinski definition) is 6. The SMILES string of the molecule is CCCCCCCCCCCCCCCCCC(=O)N/N=C/c1ccc(OC(=O)c2ccc(OCC)cc2)c(OCC)c1. The molecule has 7 heteroatoms. The number of nitrogens with zero attached hydrogens (tertiary/aromatic N) is 1. The smallest absolute Gasteiger partial charge is 0.343 e. The topological polar surface area (TPSA) is 86.2 Å². The number of rotatable bonds is 24. The zero-order valence-electron chi connectivity index (χ0n) is 26.8. The van der Waals surface area contributed by atoms with Crippen molar-refractivity contribution in [2.24, 2.45) is 5.10 Å². The Morgan fingerprint density at radius 1 is 0.674 bits per heavy atom. The maximum absolute atomic E-state index is 12.6. The number of ether oxygens (including phenoxy) is 3. The highest BCUT2D eigenvalue weighted by Crippen LogP contribution is 2.29. The monoisotopic (exact) mass is 594 g/mol. The van der Waals surface area contributed by atoms with Gasteiger partial charge in [0.25, 0.3) is 0 Å². The first-order valence-electron chi connectivity index (χ1n) is 16.6. The van der Waals surface area contributed by atoms with Crippen LogP contribution in [0.2, 0.25) is 0 Å². The largest absolute Gasteiger partial charge is 0.494 e. The third-order valence-electron chi connectivity index (χ3n) is 7.28. The van der Waals surface area contributed by atoms with Gasteiger partial charge in [-0.3, -0.25) is 4.79 Å². The fourth-order valence-corrected chi connectivity index (χ4v) is 4.86. The lowest BCUT2D eigenvalue weighted by Crippen LogP contribution is -2.16. The van der Waals surface area contributed by atoms with Gasteiger partial charge in [-0.15, -0.1) is 0 Å². The molecule has 0 fully saturated rings. The van der Waals surface area contributed by atoms with Crippen molar-refractivity contribution in [3.63, 3.8) is 0 Å². The zero-order chi connectivity index (χ0) is 31.0. The van der Waals surface area contributed by atoms with Crippen molar-refractivity contribution in [1.29, 1.82) is 0 Å². The number of benzene rings is 2. The van der Waals surface area contributed by atoms with Crippen LogP contribution in [-0.4, -0.2) is 31.3 Å². The van der Waals surface area contributed by atoms with Crippen molar-refractivity contribution in [3.8, 4) is 17.2 Å². The molecule has 0 spiro atoms. The van der Waals surface area contributed by atoms with Crippen molar-refractivity contribution < 1.29 is 23.8 Å². The molecule has 0 aromatic heterocycles. The minimum absolute atomic E-state index is 0.0862. The molecular formula is C36H54N2O5. The standard InChI is InChI=1S/C36H54N2O5/c1-4-7-8-9-10-11-12-13-14-15-16-17-18-19-20-21-35(39)38-37-29-30-22-27-33(34(28-30)42-6-3)43-36(40)31-23-25-32(26-24-31)41-5-2/h22-29H,4-21H2,1-3H3,(H,38,39)/b37-29+. The third kappa shape index (κ3) is 16.2. The van der Waals surface area contributed by atoms with Crippen LogP contribution in [0.1, 0.15) is 139 Å². The van der Waals surface area contributed by atoms with E-state index < -0.39 is 5.97 Å². The van der Waals surface area contributed by atoms with Crippen molar-refractivity contribution in [1.82, 2.24) is 5.43 Å². The summed E-state index contributed by atoms with van der Waals surface area (Å²) in [6, 6.07) is 11.9. The average molecular weight is 595 g/mol. The van der Waals surface area contributed by atoms with E-state index in [2.05, 4.69) is 17.5 Å². The summed E-state index contributed by atoms with van der Waals surface area (Å²) in [6.07, 6.45) is 21.5. The number of hydrazone groups is 1. The Balaban J connectivity index is 1.61. The summed E-state index contributed by atoms with van der Waals surface area (Å²) < 4.78 is 16.7. The van der Waals surface area contributed by atoms with Crippen molar-refractivity contribution in [3.05, 3.63) is 53.6 Å². The van der Waals surface area contributed by atoms with Crippen LogP contribution < -0.4 is 19.6 Å². The van der Waals surface area contributed by atoms with Crippen LogP contribution in [0.25, 0.3) is 0 Å². The lowest BCUT2D eigenvalue weighted by atomic mass is 10.0. The molecule has 2 aromatic rings. The molecule has 2 rings (SSSR count). The highest BCUT2D eigenvalue weighted by atomic mass is 16.6. The summed E-state index contributed by atoms with van der Waals surface area (Å²) in [5.74, 6) is 0.859. The van der Waals surface area contributed by atoms with Gasteiger partial charge >= 0.3 is 5.97 Å². The molecular weight excluding hydrogens is 540 g/mol. The maximum Gasteiger partial charge on any atom is 0.343 e. The third-order valence-corrected chi connectivity index (χ3v) is 7.28. The molecule has 0 saturated heterocycles. The molecule has 2 aromatic carbocycles. The van der Waals surface area contributed by atoms with Gasteiger partial charge in [0.2, 0.25) is 5.91 Å². The fraction of sp³-hybridized carbons (Fsp3) is 0.583. The van der Waals surface area contributed by atoms with E-state index in [-0.39, 0.29) is 5.91 Å². The molecule has 0 heterocycles. The molecule has 1 amide bonds. The first kappa shape index (κ1) is 35.8. The molecule has 0 aliphatic heterocycles. The van der Waals surface area contributed by atoms with E-state index in [0.717, 1.165) is 18.4 Å². The molecule has 0 radical (unpaired) electrons. The van der Waals surface area contributed by atoms with Gasteiger partial charge < -0.3 is 14.2 Å². The van der Waals surface area contributed by atoms with Crippen molar-refractivity contribution in [2.75, 3.05) is 13.2 Å². The second kappa shape index (κ2) is 23.1. The van der Waals surface area contributed by atoms with Gasteiger partial charge in [-0.25, -0.2) is 10.2 Å². The van der Waals surface area contributed by atoms with Crippen molar-refractivity contribution in [2.45, 2.75) is 124 Å². The number of amides is 1. The molecule has 7 nitrogen and oxygen atoms in total. The minimum Gasteiger partial charge on any atom is -0.494 e. The molecule has 1 N–H and O–H groups in total. The minimum atomic E-state index is -0.489. The Bertz CT molecular complexity index is 1070. The first-order valence-corrected chi connectivity index (χ1v) is 16.6. The Morgan fingerprint density at radius 2 is 1.23 bits per heavy atom. The lowest BCUT2D eigenvalue weighted by molar-refractivity contribution is -0.121. The summed E-state index contributed by atoms with van der Waals surface area (Å²) in [4.78, 5) is 24.8. The quantitative estimate of drug-likeness (QED) is 0.0430. The first-order chi connectivity index (χ1) is 21.1. The van der Waals surface area contributed by atoms with E-state index >= 15 is 0 Å². The normalized spacial score (nSPS) is 11.0. The van der Waals surface area contributed by atoms with E-state index in [1.165, 1.54) is 83.5 Å².